The number of methoxy groups -OCH3 is 1. The first-order valence-corrected chi connectivity index (χ1v) is 10.4. The Morgan fingerprint density at radius 3 is 2.71 bits per heavy atom. The van der Waals surface area contributed by atoms with Crippen LogP contribution in [0.4, 0.5) is 0 Å². The van der Waals surface area contributed by atoms with Crippen LogP contribution in [0.1, 0.15) is 41.1 Å². The van der Waals surface area contributed by atoms with Crippen molar-refractivity contribution in [2.24, 2.45) is 0 Å². The van der Waals surface area contributed by atoms with Gasteiger partial charge in [0.1, 0.15) is 0 Å². The fraction of sp³-hybridized carbons (Fsp3) is 0.250. The van der Waals surface area contributed by atoms with E-state index in [9.17, 15) is 14.7 Å². The zero-order valence-electron chi connectivity index (χ0n) is 17.4. The van der Waals surface area contributed by atoms with E-state index in [-0.39, 0.29) is 11.3 Å². The highest BCUT2D eigenvalue weighted by atomic mass is 35.5. The number of aliphatic hydroxyl groups excluding tert-OH is 1. The number of carbonyl (C=O) groups is 2. The molecular weight excluding hydrogens is 418 g/mol. The van der Waals surface area contributed by atoms with Crippen molar-refractivity contribution in [2.75, 3.05) is 13.7 Å². The topological polar surface area (TPSA) is 80.0 Å². The number of hydrogen-bond donors (Lipinski definition) is 1. The second kappa shape index (κ2) is 8.12. The van der Waals surface area contributed by atoms with Gasteiger partial charge in [0.25, 0.3) is 5.91 Å². The van der Waals surface area contributed by atoms with Crippen molar-refractivity contribution in [3.63, 3.8) is 0 Å². The van der Waals surface area contributed by atoms with Crippen LogP contribution in [0.25, 0.3) is 11.0 Å². The molecule has 1 unspecified atom stereocenters. The fourth-order valence-corrected chi connectivity index (χ4v) is 4.24. The van der Waals surface area contributed by atoms with Gasteiger partial charge in [0.15, 0.2) is 22.9 Å². The normalized spacial score (nSPS) is 16.5. The molecule has 1 aliphatic rings. The maximum absolute atomic E-state index is 13.5. The van der Waals surface area contributed by atoms with Crippen LogP contribution in [0.5, 0.6) is 5.75 Å². The molecule has 31 heavy (non-hydrogen) atoms. The van der Waals surface area contributed by atoms with Crippen molar-refractivity contribution in [2.45, 2.75) is 26.3 Å². The molecule has 1 N–H and O–H groups in total. The van der Waals surface area contributed by atoms with Gasteiger partial charge in [-0.1, -0.05) is 48.4 Å². The molecule has 0 saturated carbocycles. The Bertz CT molecular complexity index is 1230. The first-order chi connectivity index (χ1) is 14.8. The minimum Gasteiger partial charge on any atom is -0.503 e. The van der Waals surface area contributed by atoms with Gasteiger partial charge in [-0.15, -0.1) is 0 Å². The van der Waals surface area contributed by atoms with Gasteiger partial charge in [0.05, 0.1) is 18.7 Å². The summed E-state index contributed by atoms with van der Waals surface area (Å²) in [4.78, 5) is 27.9. The van der Waals surface area contributed by atoms with E-state index < -0.39 is 23.5 Å². The molecule has 1 amide bonds. The zero-order chi connectivity index (χ0) is 22.3. The molecule has 160 valence electrons. The van der Waals surface area contributed by atoms with E-state index in [1.165, 1.54) is 12.0 Å². The SMILES string of the molecule is CCCN1C(=O)C(O)=C(C(=O)c2cc3cc(Cl)cc(OC)c3o2)C1c1cccc(C)c1. The van der Waals surface area contributed by atoms with Crippen molar-refractivity contribution >= 4 is 34.3 Å². The Morgan fingerprint density at radius 2 is 2.03 bits per heavy atom. The number of hydrogen-bond acceptors (Lipinski definition) is 5. The number of ether oxygens (including phenoxy) is 1. The molecule has 0 fully saturated rings. The summed E-state index contributed by atoms with van der Waals surface area (Å²) in [5.41, 5.74) is 2.12. The second-order valence-corrected chi connectivity index (χ2v) is 7.98. The summed E-state index contributed by atoms with van der Waals surface area (Å²) in [5.74, 6) is -1.26. The molecule has 1 aliphatic heterocycles. The lowest BCUT2D eigenvalue weighted by Crippen LogP contribution is -2.31. The molecule has 3 aromatic rings. The minimum absolute atomic E-state index is 0.000850. The number of aliphatic hydroxyl groups is 1. The van der Waals surface area contributed by atoms with Crippen LogP contribution >= 0.6 is 11.6 Å². The quantitative estimate of drug-likeness (QED) is 0.521. The standard InChI is InChI=1S/C24H22ClNO5/c1-4-8-26-20(14-7-5-6-13(2)9-14)19(22(28)24(26)29)21(27)17-11-15-10-16(25)12-18(30-3)23(15)31-17/h5-7,9-12,20,28H,4,8H2,1-3H3. The number of ketones is 1. The Morgan fingerprint density at radius 1 is 1.26 bits per heavy atom. The number of amides is 1. The maximum Gasteiger partial charge on any atom is 0.290 e. The van der Waals surface area contributed by atoms with E-state index in [1.807, 2.05) is 38.1 Å². The summed E-state index contributed by atoms with van der Waals surface area (Å²) >= 11 is 6.13. The van der Waals surface area contributed by atoms with Gasteiger partial charge in [0, 0.05) is 23.0 Å². The highest BCUT2D eigenvalue weighted by molar-refractivity contribution is 6.31. The van der Waals surface area contributed by atoms with Gasteiger partial charge < -0.3 is 19.2 Å². The lowest BCUT2D eigenvalue weighted by molar-refractivity contribution is -0.129. The van der Waals surface area contributed by atoms with Crippen molar-refractivity contribution in [1.29, 1.82) is 0 Å². The van der Waals surface area contributed by atoms with Gasteiger partial charge >= 0.3 is 0 Å². The van der Waals surface area contributed by atoms with E-state index in [0.29, 0.717) is 34.7 Å². The predicted molar refractivity (Wildman–Crippen MR) is 118 cm³/mol. The molecule has 4 rings (SSSR count). The molecule has 0 bridgehead atoms. The van der Waals surface area contributed by atoms with Crippen molar-refractivity contribution < 1.29 is 23.8 Å². The summed E-state index contributed by atoms with van der Waals surface area (Å²) in [7, 11) is 1.48. The third-order valence-corrected chi connectivity index (χ3v) is 5.58. The lowest BCUT2D eigenvalue weighted by Gasteiger charge is -2.26. The van der Waals surface area contributed by atoms with E-state index in [4.69, 9.17) is 20.8 Å². The van der Waals surface area contributed by atoms with Crippen LogP contribution < -0.4 is 4.74 Å². The Kier molecular flexibility index (Phi) is 5.50. The molecule has 6 nitrogen and oxygen atoms in total. The highest BCUT2D eigenvalue weighted by Gasteiger charge is 2.44. The predicted octanol–water partition coefficient (Wildman–Crippen LogP) is 5.39. The number of benzene rings is 2. The first-order valence-electron chi connectivity index (χ1n) is 9.98. The first kappa shape index (κ1) is 21.0. The molecule has 1 atom stereocenters. The molecule has 0 aliphatic carbocycles. The van der Waals surface area contributed by atoms with Crippen LogP contribution in [0.3, 0.4) is 0 Å². The Hall–Kier alpha value is -3.25. The molecule has 7 heteroatoms. The average Bonchev–Trinajstić information content (AvgIpc) is 3.27. The molecule has 0 saturated heterocycles. The maximum atomic E-state index is 13.5. The van der Waals surface area contributed by atoms with Crippen molar-refractivity contribution in [3.05, 3.63) is 75.7 Å². The summed E-state index contributed by atoms with van der Waals surface area (Å²) in [6.07, 6.45) is 0.684. The number of rotatable bonds is 6. The highest BCUT2D eigenvalue weighted by Crippen LogP contribution is 2.41. The Labute approximate surface area is 184 Å². The number of halogens is 1. The van der Waals surface area contributed by atoms with Crippen LogP contribution in [-0.2, 0) is 4.79 Å². The molecule has 2 heterocycles. The van der Waals surface area contributed by atoms with E-state index in [2.05, 4.69) is 0 Å². The van der Waals surface area contributed by atoms with Crippen LogP contribution in [0, 0.1) is 6.92 Å². The zero-order valence-corrected chi connectivity index (χ0v) is 18.2. The third kappa shape index (κ3) is 3.57. The number of Topliss-reactive ketones (excluding diaryl/α,β-unsaturated/α-hetero) is 1. The monoisotopic (exact) mass is 439 g/mol. The number of aryl methyl sites for hydroxylation is 1. The summed E-state index contributed by atoms with van der Waals surface area (Å²) in [5, 5.41) is 11.7. The molecule has 2 aromatic carbocycles. The van der Waals surface area contributed by atoms with Crippen molar-refractivity contribution in [3.8, 4) is 5.75 Å². The molecule has 0 spiro atoms. The summed E-state index contributed by atoms with van der Waals surface area (Å²) < 4.78 is 11.1. The fourth-order valence-electron chi connectivity index (χ4n) is 4.03. The van der Waals surface area contributed by atoms with Gasteiger partial charge in [-0.2, -0.15) is 0 Å². The lowest BCUT2D eigenvalue weighted by atomic mass is 9.94. The van der Waals surface area contributed by atoms with Crippen molar-refractivity contribution in [1.82, 2.24) is 4.90 Å². The number of fused-ring (bicyclic) bond motifs is 1. The summed E-state index contributed by atoms with van der Waals surface area (Å²) in [6.45, 7) is 4.28. The van der Waals surface area contributed by atoms with Gasteiger partial charge in [0.2, 0.25) is 5.78 Å². The molecule has 0 radical (unpaired) electrons. The minimum atomic E-state index is -0.696. The van der Waals surface area contributed by atoms with Gasteiger partial charge in [-0.05, 0) is 31.0 Å². The van der Waals surface area contributed by atoms with E-state index >= 15 is 0 Å². The summed E-state index contributed by atoms with van der Waals surface area (Å²) in [6, 6.07) is 11.7. The van der Waals surface area contributed by atoms with Gasteiger partial charge in [-0.3, -0.25) is 9.59 Å². The van der Waals surface area contributed by atoms with E-state index in [1.54, 1.807) is 18.2 Å². The number of carbonyl (C=O) groups excluding carboxylic acids is 2. The van der Waals surface area contributed by atoms with Crippen LogP contribution in [0.15, 0.2) is 58.2 Å². The number of furan rings is 1. The molecular formula is C24H22ClNO5. The smallest absolute Gasteiger partial charge is 0.290 e. The average molecular weight is 440 g/mol. The second-order valence-electron chi connectivity index (χ2n) is 7.54. The van der Waals surface area contributed by atoms with Crippen LogP contribution in [-0.4, -0.2) is 35.4 Å². The Balaban J connectivity index is 1.85. The van der Waals surface area contributed by atoms with Crippen LogP contribution in [0.2, 0.25) is 5.02 Å². The largest absolute Gasteiger partial charge is 0.503 e. The third-order valence-electron chi connectivity index (χ3n) is 5.36. The van der Waals surface area contributed by atoms with E-state index in [0.717, 1.165) is 11.1 Å². The molecule has 1 aromatic heterocycles. The number of nitrogens with zero attached hydrogens (tertiary/aromatic N) is 1. The van der Waals surface area contributed by atoms with Gasteiger partial charge in [-0.25, -0.2) is 0 Å².